The number of nitrogens with zero attached hydrogens (tertiary/aromatic N) is 1. The van der Waals surface area contributed by atoms with E-state index in [4.69, 9.17) is 4.74 Å². The second-order valence-corrected chi connectivity index (χ2v) is 7.68. The molecule has 128 valence electrons. The zero-order chi connectivity index (χ0) is 17.2. The molecule has 1 aliphatic heterocycles. The Labute approximate surface area is 137 Å². The first kappa shape index (κ1) is 17.6. The first-order valence-corrected chi connectivity index (χ1v) is 9.29. The summed E-state index contributed by atoms with van der Waals surface area (Å²) in [6.45, 7) is 3.16. The molecule has 1 aromatic rings. The minimum absolute atomic E-state index is 0.0934. The minimum Gasteiger partial charge on any atom is -0.486 e. The van der Waals surface area contributed by atoms with E-state index in [1.807, 2.05) is 14.0 Å². The van der Waals surface area contributed by atoms with Crippen LogP contribution in [0.2, 0.25) is 0 Å². The summed E-state index contributed by atoms with van der Waals surface area (Å²) in [6.07, 6.45) is 0.883. The Kier molecular flexibility index (Phi) is 5.16. The van der Waals surface area contributed by atoms with E-state index in [2.05, 4.69) is 10.0 Å². The molecule has 1 heterocycles. The summed E-state index contributed by atoms with van der Waals surface area (Å²) in [5, 5.41) is 3.07. The third kappa shape index (κ3) is 4.14. The van der Waals surface area contributed by atoms with Crippen LogP contribution in [0.3, 0.4) is 0 Å². The van der Waals surface area contributed by atoms with Gasteiger partial charge in [-0.25, -0.2) is 8.42 Å². The van der Waals surface area contributed by atoms with E-state index in [0.29, 0.717) is 18.7 Å². The molecule has 0 aromatic heterocycles. The van der Waals surface area contributed by atoms with Crippen LogP contribution < -0.4 is 14.8 Å². The van der Waals surface area contributed by atoms with E-state index in [0.717, 1.165) is 6.26 Å². The number of hydrogen-bond acceptors (Lipinski definition) is 5. The van der Waals surface area contributed by atoms with E-state index in [1.165, 1.54) is 0 Å². The van der Waals surface area contributed by atoms with Crippen LogP contribution in [0.4, 0.5) is 5.69 Å². The lowest BCUT2D eigenvalue weighted by Gasteiger charge is -2.33. The fourth-order valence-corrected chi connectivity index (χ4v) is 3.22. The van der Waals surface area contributed by atoms with Gasteiger partial charge in [-0.05, 0) is 19.2 Å². The van der Waals surface area contributed by atoms with Gasteiger partial charge in [-0.15, -0.1) is 0 Å². The van der Waals surface area contributed by atoms with Crippen molar-refractivity contribution in [1.29, 1.82) is 0 Å². The zero-order valence-electron chi connectivity index (χ0n) is 13.8. The van der Waals surface area contributed by atoms with Crippen LogP contribution in [0.1, 0.15) is 17.3 Å². The van der Waals surface area contributed by atoms with Gasteiger partial charge >= 0.3 is 0 Å². The molecular weight excluding hydrogens is 318 g/mol. The van der Waals surface area contributed by atoms with Crippen molar-refractivity contribution < 1.29 is 17.9 Å². The predicted molar refractivity (Wildman–Crippen MR) is 89.4 cm³/mol. The summed E-state index contributed by atoms with van der Waals surface area (Å²) in [4.78, 5) is 14.2. The smallest absolute Gasteiger partial charge is 0.257 e. The molecule has 2 atom stereocenters. The van der Waals surface area contributed by atoms with Gasteiger partial charge < -0.3 is 15.0 Å². The second-order valence-electron chi connectivity index (χ2n) is 5.93. The monoisotopic (exact) mass is 341 g/mol. The number of benzene rings is 1. The Morgan fingerprint density at radius 1 is 1.39 bits per heavy atom. The topological polar surface area (TPSA) is 87.7 Å². The molecule has 0 fully saturated rings. The first-order valence-electron chi connectivity index (χ1n) is 7.40. The highest BCUT2D eigenvalue weighted by molar-refractivity contribution is 7.92. The van der Waals surface area contributed by atoms with Gasteiger partial charge in [-0.3, -0.25) is 9.52 Å². The van der Waals surface area contributed by atoms with E-state index in [-0.39, 0.29) is 29.4 Å². The van der Waals surface area contributed by atoms with Gasteiger partial charge in [0.15, 0.2) is 5.75 Å². The third-order valence-electron chi connectivity index (χ3n) is 3.76. The summed E-state index contributed by atoms with van der Waals surface area (Å²) in [6, 6.07) is 4.88. The second kappa shape index (κ2) is 6.76. The van der Waals surface area contributed by atoms with Crippen molar-refractivity contribution in [1.82, 2.24) is 10.2 Å². The fourth-order valence-electron chi connectivity index (χ4n) is 2.66. The molecule has 0 spiro atoms. The van der Waals surface area contributed by atoms with Gasteiger partial charge in [0.2, 0.25) is 10.0 Å². The van der Waals surface area contributed by atoms with E-state index >= 15 is 0 Å². The number of nitrogens with one attached hydrogen (secondary N) is 2. The Morgan fingerprint density at radius 2 is 2.09 bits per heavy atom. The van der Waals surface area contributed by atoms with Gasteiger partial charge in [-0.1, -0.05) is 13.0 Å². The zero-order valence-corrected chi connectivity index (χ0v) is 14.6. The van der Waals surface area contributed by atoms with Gasteiger partial charge in [0.1, 0.15) is 6.10 Å². The Hall–Kier alpha value is -1.80. The molecule has 0 saturated heterocycles. The lowest BCUT2D eigenvalue weighted by molar-refractivity contribution is 0.0639. The number of carbonyl (C=O) groups excluding carboxylic acids is 1. The van der Waals surface area contributed by atoms with Crippen molar-refractivity contribution >= 4 is 21.6 Å². The molecule has 2 N–H and O–H groups in total. The molecular formula is C15H23N3O4S. The number of anilines is 1. The molecule has 2 rings (SSSR count). The predicted octanol–water partition coefficient (Wildman–Crippen LogP) is 0.747. The molecule has 8 heteroatoms. The quantitative estimate of drug-likeness (QED) is 0.844. The average molecular weight is 341 g/mol. The highest BCUT2D eigenvalue weighted by atomic mass is 32.2. The third-order valence-corrected chi connectivity index (χ3v) is 4.35. The van der Waals surface area contributed by atoms with Crippen LogP contribution in [0, 0.1) is 5.92 Å². The number of hydrogen-bond donors (Lipinski definition) is 2. The molecule has 1 aromatic carbocycles. The molecule has 0 radical (unpaired) electrons. The normalized spacial score (nSPS) is 21.9. The van der Waals surface area contributed by atoms with Crippen LogP contribution in [-0.2, 0) is 10.0 Å². The molecule has 0 unspecified atom stereocenters. The van der Waals surface area contributed by atoms with Crippen molar-refractivity contribution in [2.24, 2.45) is 5.92 Å². The minimum atomic E-state index is -3.48. The molecule has 1 aliphatic rings. The number of amides is 1. The van der Waals surface area contributed by atoms with Crippen LogP contribution in [0.15, 0.2) is 18.2 Å². The van der Waals surface area contributed by atoms with Crippen molar-refractivity contribution in [3.8, 4) is 5.75 Å². The average Bonchev–Trinajstić information content (AvgIpc) is 2.44. The number of likely N-dealkylation sites (N-methyl/N-ethyl adjacent to an activating group) is 1. The highest BCUT2D eigenvalue weighted by Gasteiger charge is 2.30. The summed E-state index contributed by atoms with van der Waals surface area (Å²) >= 11 is 0. The first-order chi connectivity index (χ1) is 10.7. The number of rotatable bonds is 4. The van der Waals surface area contributed by atoms with Crippen LogP contribution >= 0.6 is 0 Å². The highest BCUT2D eigenvalue weighted by Crippen LogP contribution is 2.34. The fraction of sp³-hybridized carbons (Fsp3) is 0.533. The maximum absolute atomic E-state index is 12.6. The van der Waals surface area contributed by atoms with Crippen LogP contribution in [-0.4, -0.2) is 58.8 Å². The summed E-state index contributed by atoms with van der Waals surface area (Å²) in [7, 11) is 0.0853. The van der Waals surface area contributed by atoms with Gasteiger partial charge in [0, 0.05) is 26.1 Å². The number of carbonyl (C=O) groups is 1. The lowest BCUT2D eigenvalue weighted by Crippen LogP contribution is -2.44. The molecule has 23 heavy (non-hydrogen) atoms. The summed E-state index contributed by atoms with van der Waals surface area (Å²) in [5.41, 5.74) is 0.635. The number of para-hydroxylation sites is 1. The number of sulfonamides is 1. The van der Waals surface area contributed by atoms with Crippen LogP contribution in [0.5, 0.6) is 5.75 Å². The summed E-state index contributed by atoms with van der Waals surface area (Å²) < 4.78 is 31.6. The van der Waals surface area contributed by atoms with Crippen LogP contribution in [0.25, 0.3) is 0 Å². The van der Waals surface area contributed by atoms with Crippen molar-refractivity contribution in [3.63, 3.8) is 0 Å². The SMILES string of the molecule is CNC[C@H]1Oc2c(NS(C)(=O)=O)cccc2C(=O)N(C)C[C@@H]1C. The van der Waals surface area contributed by atoms with Gasteiger partial charge in [0.05, 0.1) is 17.5 Å². The lowest BCUT2D eigenvalue weighted by atomic mass is 10.0. The summed E-state index contributed by atoms with van der Waals surface area (Å²) in [5.74, 6) is 0.185. The van der Waals surface area contributed by atoms with E-state index in [1.54, 1.807) is 30.1 Å². The van der Waals surface area contributed by atoms with E-state index in [9.17, 15) is 13.2 Å². The number of fused-ring (bicyclic) bond motifs is 1. The van der Waals surface area contributed by atoms with E-state index < -0.39 is 10.0 Å². The Bertz CT molecular complexity index is 690. The molecule has 0 bridgehead atoms. The number of ether oxygens (including phenoxy) is 1. The Balaban J connectivity index is 2.54. The molecule has 7 nitrogen and oxygen atoms in total. The Morgan fingerprint density at radius 3 is 2.70 bits per heavy atom. The molecule has 0 saturated carbocycles. The molecule has 1 amide bonds. The molecule has 0 aliphatic carbocycles. The largest absolute Gasteiger partial charge is 0.486 e. The van der Waals surface area contributed by atoms with Crippen molar-refractivity contribution in [2.45, 2.75) is 13.0 Å². The van der Waals surface area contributed by atoms with Gasteiger partial charge in [-0.2, -0.15) is 0 Å². The van der Waals surface area contributed by atoms with Crippen molar-refractivity contribution in [3.05, 3.63) is 23.8 Å². The van der Waals surface area contributed by atoms with Gasteiger partial charge in [0.25, 0.3) is 5.91 Å². The van der Waals surface area contributed by atoms with Crippen molar-refractivity contribution in [2.75, 3.05) is 38.2 Å². The standard InChI is InChI=1S/C15H23N3O4S/c1-10-9-18(3)15(19)11-6-5-7-12(17-23(4,20)21)14(11)22-13(10)8-16-2/h5-7,10,13,16-17H,8-9H2,1-4H3/t10-,13+/m0/s1. The maximum atomic E-state index is 12.6. The maximum Gasteiger partial charge on any atom is 0.257 e.